The highest BCUT2D eigenvalue weighted by Crippen LogP contribution is 2.28. The van der Waals surface area contributed by atoms with E-state index in [1.165, 1.54) is 13.0 Å². The van der Waals surface area contributed by atoms with Crippen LogP contribution in [0.25, 0.3) is 0 Å². The highest BCUT2D eigenvalue weighted by Gasteiger charge is 2.35. The van der Waals surface area contributed by atoms with Gasteiger partial charge in [-0.15, -0.1) is 0 Å². The van der Waals surface area contributed by atoms with Gasteiger partial charge in [0.05, 0.1) is 5.76 Å². The summed E-state index contributed by atoms with van der Waals surface area (Å²) in [6, 6.07) is 0. The highest BCUT2D eigenvalue weighted by molar-refractivity contribution is 5.04. The van der Waals surface area contributed by atoms with Gasteiger partial charge in [-0.3, -0.25) is 0 Å². The van der Waals surface area contributed by atoms with Gasteiger partial charge in [0.25, 0.3) is 0 Å². The van der Waals surface area contributed by atoms with Crippen LogP contribution in [0, 0.1) is 0 Å². The molecule has 0 spiro atoms. The van der Waals surface area contributed by atoms with Gasteiger partial charge >= 0.3 is 6.18 Å². The van der Waals surface area contributed by atoms with Crippen molar-refractivity contribution >= 4 is 0 Å². The molecule has 0 aliphatic carbocycles. The lowest BCUT2D eigenvalue weighted by atomic mass is 10.3. The molecule has 0 bridgehead atoms. The topological polar surface area (TPSA) is 9.23 Å². The van der Waals surface area contributed by atoms with Gasteiger partial charge in [-0.05, 0) is 32.4 Å². The van der Waals surface area contributed by atoms with Gasteiger partial charge in [0.15, 0.2) is 0 Å². The zero-order valence-electron chi connectivity index (χ0n) is 7.90. The summed E-state index contributed by atoms with van der Waals surface area (Å²) in [7, 11) is 0. The molecule has 0 radical (unpaired) electrons. The van der Waals surface area contributed by atoms with E-state index < -0.39 is 11.9 Å². The van der Waals surface area contributed by atoms with Gasteiger partial charge in [0.1, 0.15) is 0 Å². The molecule has 4 heteroatoms. The summed E-state index contributed by atoms with van der Waals surface area (Å²) in [5.41, 5.74) is 0. The van der Waals surface area contributed by atoms with Crippen LogP contribution in [-0.2, 0) is 4.74 Å². The zero-order valence-corrected chi connectivity index (χ0v) is 7.90. The third-order valence-electron chi connectivity index (χ3n) is 1.35. The Kier molecular flexibility index (Phi) is 4.59. The lowest BCUT2D eigenvalue weighted by Gasteiger charge is -2.12. The minimum absolute atomic E-state index is 0.247. The normalized spacial score (nSPS) is 14.6. The first-order chi connectivity index (χ1) is 5.91. The molecule has 0 aromatic heterocycles. The largest absolute Gasteiger partial charge is 0.458 e. The van der Waals surface area contributed by atoms with Gasteiger partial charge in [0, 0.05) is 0 Å². The molecule has 0 heterocycles. The van der Waals surface area contributed by atoms with Crippen molar-refractivity contribution in [2.24, 2.45) is 0 Å². The average Bonchev–Trinajstić information content (AvgIpc) is 2.01. The number of ether oxygens (including phenoxy) is 1. The van der Waals surface area contributed by atoms with Crippen molar-refractivity contribution in [2.75, 3.05) is 0 Å². The standard InChI is InChI=1S/C9H13F3O/c1-4-6-8(9(10,11)12)13-7(3)5-2/h5-6H,4H2,1-3H3/b7-5-,8-6+. The smallest absolute Gasteiger partial charge is 0.449 e. The molecule has 0 saturated heterocycles. The maximum atomic E-state index is 12.2. The summed E-state index contributed by atoms with van der Waals surface area (Å²) >= 11 is 0. The summed E-state index contributed by atoms with van der Waals surface area (Å²) in [6.45, 7) is 4.73. The Balaban J connectivity index is 4.56. The van der Waals surface area contributed by atoms with Gasteiger partial charge in [-0.1, -0.05) is 6.92 Å². The molecule has 0 atom stereocenters. The molecule has 0 aromatic rings. The number of rotatable bonds is 3. The van der Waals surface area contributed by atoms with Crippen molar-refractivity contribution in [3.63, 3.8) is 0 Å². The van der Waals surface area contributed by atoms with Crippen molar-refractivity contribution < 1.29 is 17.9 Å². The SMILES string of the molecule is C/C=C(/C)O/C(=C/CC)C(F)(F)F. The molecule has 0 rings (SSSR count). The van der Waals surface area contributed by atoms with E-state index in [4.69, 9.17) is 0 Å². The lowest BCUT2D eigenvalue weighted by molar-refractivity contribution is -0.124. The molecule has 1 nitrogen and oxygen atoms in total. The van der Waals surface area contributed by atoms with Crippen molar-refractivity contribution in [3.8, 4) is 0 Å². The Morgan fingerprint density at radius 2 is 1.92 bits per heavy atom. The second-order valence-electron chi connectivity index (χ2n) is 2.48. The van der Waals surface area contributed by atoms with Gasteiger partial charge in [-0.25, -0.2) is 0 Å². The summed E-state index contributed by atoms with van der Waals surface area (Å²) in [5, 5.41) is 0. The molecule has 0 aromatic carbocycles. The summed E-state index contributed by atoms with van der Waals surface area (Å²) in [4.78, 5) is 0. The Morgan fingerprint density at radius 1 is 1.38 bits per heavy atom. The zero-order chi connectivity index (χ0) is 10.5. The summed E-state index contributed by atoms with van der Waals surface area (Å²) < 4.78 is 41.2. The third-order valence-corrected chi connectivity index (χ3v) is 1.35. The number of alkyl halides is 3. The van der Waals surface area contributed by atoms with Crippen LogP contribution in [0.5, 0.6) is 0 Å². The Bertz CT molecular complexity index is 213. The number of hydrogen-bond donors (Lipinski definition) is 0. The van der Waals surface area contributed by atoms with E-state index in [9.17, 15) is 13.2 Å². The van der Waals surface area contributed by atoms with Crippen LogP contribution >= 0.6 is 0 Å². The molecule has 0 fully saturated rings. The predicted molar refractivity (Wildman–Crippen MR) is 44.9 cm³/mol. The van der Waals surface area contributed by atoms with Crippen LogP contribution in [0.4, 0.5) is 13.2 Å². The van der Waals surface area contributed by atoms with E-state index >= 15 is 0 Å². The number of allylic oxidation sites excluding steroid dienone is 4. The highest BCUT2D eigenvalue weighted by atomic mass is 19.4. The monoisotopic (exact) mass is 194 g/mol. The van der Waals surface area contributed by atoms with Gasteiger partial charge in [-0.2, -0.15) is 13.2 Å². The molecule has 76 valence electrons. The fourth-order valence-electron chi connectivity index (χ4n) is 0.633. The Labute approximate surface area is 75.9 Å². The van der Waals surface area contributed by atoms with E-state index in [1.54, 1.807) is 13.8 Å². The van der Waals surface area contributed by atoms with E-state index in [2.05, 4.69) is 4.74 Å². The van der Waals surface area contributed by atoms with Crippen molar-refractivity contribution in [1.29, 1.82) is 0 Å². The number of hydrogen-bond acceptors (Lipinski definition) is 1. The van der Waals surface area contributed by atoms with Crippen LogP contribution in [-0.4, -0.2) is 6.18 Å². The predicted octanol–water partition coefficient (Wildman–Crippen LogP) is 3.78. The van der Waals surface area contributed by atoms with E-state index in [1.807, 2.05) is 0 Å². The third kappa shape index (κ3) is 4.60. The van der Waals surface area contributed by atoms with Crippen LogP contribution in [0.1, 0.15) is 27.2 Å². The number of halogens is 3. The van der Waals surface area contributed by atoms with E-state index in [-0.39, 0.29) is 5.76 Å². The summed E-state index contributed by atoms with van der Waals surface area (Å²) in [6.07, 6.45) is -1.60. The Hall–Kier alpha value is -0.930. The van der Waals surface area contributed by atoms with Gasteiger partial charge in [0.2, 0.25) is 5.76 Å². The molecular formula is C9H13F3O. The van der Waals surface area contributed by atoms with Crippen molar-refractivity contribution in [1.82, 2.24) is 0 Å². The van der Waals surface area contributed by atoms with E-state index in [0.29, 0.717) is 6.42 Å². The first kappa shape index (κ1) is 12.1. The summed E-state index contributed by atoms with van der Waals surface area (Å²) in [5.74, 6) is -0.692. The van der Waals surface area contributed by atoms with Crippen LogP contribution in [0.2, 0.25) is 0 Å². The first-order valence-electron chi connectivity index (χ1n) is 4.00. The molecule has 0 aliphatic heterocycles. The van der Waals surface area contributed by atoms with Crippen LogP contribution in [0.3, 0.4) is 0 Å². The molecule has 13 heavy (non-hydrogen) atoms. The lowest BCUT2D eigenvalue weighted by Crippen LogP contribution is -2.14. The fourth-order valence-corrected chi connectivity index (χ4v) is 0.633. The molecule has 0 saturated carbocycles. The second kappa shape index (κ2) is 4.94. The average molecular weight is 194 g/mol. The molecule has 0 N–H and O–H groups in total. The van der Waals surface area contributed by atoms with Crippen molar-refractivity contribution in [3.05, 3.63) is 23.7 Å². The molecule has 0 amide bonds. The first-order valence-corrected chi connectivity index (χ1v) is 4.00. The minimum atomic E-state index is -4.40. The van der Waals surface area contributed by atoms with Crippen molar-refractivity contribution in [2.45, 2.75) is 33.4 Å². The van der Waals surface area contributed by atoms with Crippen LogP contribution < -0.4 is 0 Å². The Morgan fingerprint density at radius 3 is 2.23 bits per heavy atom. The molecular weight excluding hydrogens is 181 g/mol. The van der Waals surface area contributed by atoms with Gasteiger partial charge < -0.3 is 4.74 Å². The van der Waals surface area contributed by atoms with E-state index in [0.717, 1.165) is 6.08 Å². The molecule has 0 unspecified atom stereocenters. The maximum Gasteiger partial charge on any atom is 0.449 e. The maximum absolute atomic E-state index is 12.2. The minimum Gasteiger partial charge on any atom is -0.458 e. The van der Waals surface area contributed by atoms with Crippen LogP contribution in [0.15, 0.2) is 23.7 Å². The second-order valence-corrected chi connectivity index (χ2v) is 2.48. The molecule has 0 aliphatic rings. The quantitative estimate of drug-likeness (QED) is 0.621. The fraction of sp³-hybridized carbons (Fsp3) is 0.556.